The zero-order chi connectivity index (χ0) is 10.4. The van der Waals surface area contributed by atoms with E-state index in [1.54, 1.807) is 0 Å². The number of hydrogen-bond acceptors (Lipinski definition) is 1. The maximum atomic E-state index is 4.61. The van der Waals surface area contributed by atoms with E-state index in [-0.39, 0.29) is 0 Å². The van der Waals surface area contributed by atoms with E-state index in [1.807, 2.05) is 11.7 Å². The van der Waals surface area contributed by atoms with Crippen LogP contribution in [0.4, 0.5) is 0 Å². The molecule has 1 aromatic carbocycles. The van der Waals surface area contributed by atoms with Crippen LogP contribution < -0.4 is 0 Å². The molecule has 15 heavy (non-hydrogen) atoms. The average Bonchev–Trinajstić information content (AvgIpc) is 2.56. The van der Waals surface area contributed by atoms with E-state index in [9.17, 15) is 0 Å². The van der Waals surface area contributed by atoms with Gasteiger partial charge in [-0.25, -0.2) is 0 Å². The van der Waals surface area contributed by atoms with Crippen LogP contribution in [-0.4, -0.2) is 9.78 Å². The summed E-state index contributed by atoms with van der Waals surface area (Å²) in [7, 11) is 2.02. The average molecular weight is 198 g/mol. The maximum absolute atomic E-state index is 4.61. The van der Waals surface area contributed by atoms with Crippen molar-refractivity contribution in [1.29, 1.82) is 0 Å². The fourth-order valence-corrected chi connectivity index (χ4v) is 2.40. The molecule has 2 nitrogen and oxygen atoms in total. The van der Waals surface area contributed by atoms with Crippen LogP contribution >= 0.6 is 0 Å². The van der Waals surface area contributed by atoms with Crippen molar-refractivity contribution in [2.24, 2.45) is 7.05 Å². The summed E-state index contributed by atoms with van der Waals surface area (Å²) in [5.74, 6) is 0. The number of fused-ring (bicyclic) bond motifs is 3. The van der Waals surface area contributed by atoms with Crippen molar-refractivity contribution < 1.29 is 0 Å². The second kappa shape index (κ2) is 2.96. The lowest BCUT2D eigenvalue weighted by Crippen LogP contribution is -2.02. The largest absolute Gasteiger partial charge is 0.272 e. The van der Waals surface area contributed by atoms with Crippen LogP contribution in [0.2, 0.25) is 0 Å². The van der Waals surface area contributed by atoms with Crippen molar-refractivity contribution in [3.63, 3.8) is 0 Å². The van der Waals surface area contributed by atoms with Crippen LogP contribution in [0.1, 0.15) is 16.8 Å². The molecule has 0 bridgehead atoms. The highest BCUT2D eigenvalue weighted by Gasteiger charge is 2.20. The fraction of sp³-hybridized carbons (Fsp3) is 0.308. The van der Waals surface area contributed by atoms with Crippen LogP contribution in [0.3, 0.4) is 0 Å². The third kappa shape index (κ3) is 1.14. The standard InChI is InChI=1S/C13H14N2/c1-9-11-8-7-10-5-3-4-6-12(10)13(11)14-15(9)2/h3-6H,7-8H2,1-2H3. The number of hydrogen-bond donors (Lipinski definition) is 0. The number of benzene rings is 1. The van der Waals surface area contributed by atoms with E-state index < -0.39 is 0 Å². The molecular formula is C13H14N2. The molecule has 0 atom stereocenters. The molecule has 0 unspecified atom stereocenters. The lowest BCUT2D eigenvalue weighted by Gasteiger charge is -2.14. The van der Waals surface area contributed by atoms with Crippen LogP contribution in [0.25, 0.3) is 11.3 Å². The van der Waals surface area contributed by atoms with E-state index in [1.165, 1.54) is 28.1 Å². The predicted molar refractivity (Wildman–Crippen MR) is 60.8 cm³/mol. The Morgan fingerprint density at radius 3 is 2.87 bits per heavy atom. The van der Waals surface area contributed by atoms with E-state index in [0.29, 0.717) is 0 Å². The van der Waals surface area contributed by atoms with Gasteiger partial charge in [0.25, 0.3) is 0 Å². The van der Waals surface area contributed by atoms with Gasteiger partial charge in [-0.05, 0) is 25.3 Å². The van der Waals surface area contributed by atoms with Gasteiger partial charge in [-0.15, -0.1) is 0 Å². The molecule has 0 fully saturated rings. The molecule has 0 saturated heterocycles. The Kier molecular flexibility index (Phi) is 1.72. The van der Waals surface area contributed by atoms with Gasteiger partial charge < -0.3 is 0 Å². The third-order valence-corrected chi connectivity index (χ3v) is 3.37. The smallest absolute Gasteiger partial charge is 0.0960 e. The first-order chi connectivity index (χ1) is 7.27. The fourth-order valence-electron chi connectivity index (χ4n) is 2.40. The summed E-state index contributed by atoms with van der Waals surface area (Å²) in [6.07, 6.45) is 2.28. The first kappa shape index (κ1) is 8.72. The van der Waals surface area contributed by atoms with Crippen molar-refractivity contribution in [3.8, 4) is 11.3 Å². The van der Waals surface area contributed by atoms with Crippen LogP contribution in [0.15, 0.2) is 24.3 Å². The molecule has 76 valence electrons. The lowest BCUT2D eigenvalue weighted by atomic mass is 9.89. The van der Waals surface area contributed by atoms with E-state index in [4.69, 9.17) is 0 Å². The van der Waals surface area contributed by atoms with Gasteiger partial charge >= 0.3 is 0 Å². The second-order valence-corrected chi connectivity index (χ2v) is 4.19. The molecule has 0 spiro atoms. The Bertz CT molecular complexity index is 523. The van der Waals surface area contributed by atoms with E-state index in [2.05, 4.69) is 36.3 Å². The van der Waals surface area contributed by atoms with Crippen molar-refractivity contribution in [1.82, 2.24) is 9.78 Å². The van der Waals surface area contributed by atoms with Gasteiger partial charge in [-0.1, -0.05) is 24.3 Å². The molecule has 1 heterocycles. The molecule has 2 aromatic rings. The van der Waals surface area contributed by atoms with Gasteiger partial charge in [-0.2, -0.15) is 5.10 Å². The summed E-state index contributed by atoms with van der Waals surface area (Å²) < 4.78 is 1.99. The zero-order valence-corrected chi connectivity index (χ0v) is 9.12. The minimum atomic E-state index is 1.13. The second-order valence-electron chi connectivity index (χ2n) is 4.19. The monoisotopic (exact) mass is 198 g/mol. The molecule has 1 aromatic heterocycles. The molecule has 0 saturated carbocycles. The highest BCUT2D eigenvalue weighted by Crippen LogP contribution is 2.33. The Morgan fingerprint density at radius 1 is 1.20 bits per heavy atom. The maximum Gasteiger partial charge on any atom is 0.0960 e. The van der Waals surface area contributed by atoms with Gasteiger partial charge in [0.05, 0.1) is 5.69 Å². The van der Waals surface area contributed by atoms with Crippen molar-refractivity contribution in [2.75, 3.05) is 0 Å². The Balaban J connectivity index is 2.30. The van der Waals surface area contributed by atoms with Crippen LogP contribution in [-0.2, 0) is 19.9 Å². The summed E-state index contributed by atoms with van der Waals surface area (Å²) in [5.41, 5.74) is 6.68. The Hall–Kier alpha value is -1.57. The normalized spacial score (nSPS) is 13.5. The first-order valence-electron chi connectivity index (χ1n) is 5.38. The molecule has 0 amide bonds. The number of nitrogens with zero attached hydrogens (tertiary/aromatic N) is 2. The molecule has 0 N–H and O–H groups in total. The quantitative estimate of drug-likeness (QED) is 0.636. The zero-order valence-electron chi connectivity index (χ0n) is 9.12. The van der Waals surface area contributed by atoms with Gasteiger partial charge in [0.2, 0.25) is 0 Å². The number of rotatable bonds is 0. The van der Waals surface area contributed by atoms with Gasteiger partial charge in [0.15, 0.2) is 0 Å². The van der Waals surface area contributed by atoms with Crippen molar-refractivity contribution >= 4 is 0 Å². The summed E-state index contributed by atoms with van der Waals surface area (Å²) in [6, 6.07) is 8.60. The van der Waals surface area contributed by atoms with Crippen LogP contribution in [0, 0.1) is 6.92 Å². The predicted octanol–water partition coefficient (Wildman–Crippen LogP) is 2.49. The van der Waals surface area contributed by atoms with E-state index in [0.717, 1.165) is 12.8 Å². The third-order valence-electron chi connectivity index (χ3n) is 3.37. The van der Waals surface area contributed by atoms with E-state index >= 15 is 0 Å². The number of aromatic nitrogens is 2. The molecule has 0 radical (unpaired) electrons. The molecular weight excluding hydrogens is 184 g/mol. The minimum absolute atomic E-state index is 1.13. The molecule has 2 heteroatoms. The van der Waals surface area contributed by atoms with Crippen LogP contribution in [0.5, 0.6) is 0 Å². The first-order valence-corrected chi connectivity index (χ1v) is 5.38. The highest BCUT2D eigenvalue weighted by molar-refractivity contribution is 5.70. The molecule has 3 rings (SSSR count). The Labute approximate surface area is 89.5 Å². The van der Waals surface area contributed by atoms with Gasteiger partial charge in [0.1, 0.15) is 0 Å². The lowest BCUT2D eigenvalue weighted by molar-refractivity contribution is 0.740. The van der Waals surface area contributed by atoms with Crippen molar-refractivity contribution in [2.45, 2.75) is 19.8 Å². The minimum Gasteiger partial charge on any atom is -0.272 e. The summed E-state index contributed by atoms with van der Waals surface area (Å²) >= 11 is 0. The summed E-state index contributed by atoms with van der Waals surface area (Å²) in [4.78, 5) is 0. The summed E-state index contributed by atoms with van der Waals surface area (Å²) in [5, 5.41) is 4.61. The molecule has 1 aliphatic rings. The number of aryl methyl sites for hydroxylation is 2. The highest BCUT2D eigenvalue weighted by atomic mass is 15.3. The Morgan fingerprint density at radius 2 is 2.00 bits per heavy atom. The van der Waals surface area contributed by atoms with Gasteiger partial charge in [0, 0.05) is 23.9 Å². The molecule has 0 aliphatic heterocycles. The van der Waals surface area contributed by atoms with Crippen molar-refractivity contribution in [3.05, 3.63) is 41.1 Å². The van der Waals surface area contributed by atoms with Gasteiger partial charge in [-0.3, -0.25) is 4.68 Å². The topological polar surface area (TPSA) is 17.8 Å². The summed E-state index contributed by atoms with van der Waals surface area (Å²) in [6.45, 7) is 2.15. The SMILES string of the molecule is Cc1c2c(nn1C)-c1ccccc1CC2. The molecule has 1 aliphatic carbocycles.